The van der Waals surface area contributed by atoms with Crippen LogP contribution in [0.2, 0.25) is 0 Å². The van der Waals surface area contributed by atoms with Crippen molar-refractivity contribution in [2.24, 2.45) is 0 Å². The maximum atomic E-state index is 10.9. The van der Waals surface area contributed by atoms with Crippen LogP contribution in [0.15, 0.2) is 0 Å². The molecule has 0 saturated heterocycles. The molecule has 0 aliphatic heterocycles. The van der Waals surface area contributed by atoms with E-state index in [-0.39, 0.29) is 42.8 Å². The van der Waals surface area contributed by atoms with Gasteiger partial charge in [0, 0.05) is 26.3 Å². The van der Waals surface area contributed by atoms with E-state index in [2.05, 4.69) is 0 Å². The summed E-state index contributed by atoms with van der Waals surface area (Å²) < 4.78 is 0. The SMILES string of the molecule is CC(C)(C(=O)[O-])N(CCCO)CCCO.[Na+]. The van der Waals surface area contributed by atoms with Crippen molar-refractivity contribution in [3.05, 3.63) is 0 Å². The molecule has 0 aromatic heterocycles. The first kappa shape index (κ1) is 18.7. The third-order valence-electron chi connectivity index (χ3n) is 2.46. The fraction of sp³-hybridized carbons (Fsp3) is 0.900. The van der Waals surface area contributed by atoms with Gasteiger partial charge in [0.25, 0.3) is 0 Å². The number of carbonyl (C=O) groups excluding carboxylic acids is 1. The standard InChI is InChI=1S/C10H21NO4.Na/c1-10(2,9(14)15)11(5-3-7-12)6-4-8-13;/h12-13H,3-8H2,1-2H3,(H,14,15);/q;+1/p-1. The van der Waals surface area contributed by atoms with Gasteiger partial charge in [0.15, 0.2) is 0 Å². The van der Waals surface area contributed by atoms with Gasteiger partial charge in [-0.05, 0) is 26.7 Å². The zero-order chi connectivity index (χ0) is 11.9. The van der Waals surface area contributed by atoms with E-state index in [9.17, 15) is 9.90 Å². The molecule has 0 amide bonds. The molecule has 0 aliphatic rings. The fourth-order valence-corrected chi connectivity index (χ4v) is 1.32. The van der Waals surface area contributed by atoms with Gasteiger partial charge in [-0.3, -0.25) is 4.90 Å². The van der Waals surface area contributed by atoms with Gasteiger partial charge in [0.2, 0.25) is 0 Å². The van der Waals surface area contributed by atoms with Gasteiger partial charge < -0.3 is 20.1 Å². The average molecular weight is 241 g/mol. The number of nitrogens with zero attached hydrogens (tertiary/aromatic N) is 1. The van der Waals surface area contributed by atoms with Gasteiger partial charge in [-0.15, -0.1) is 0 Å². The van der Waals surface area contributed by atoms with Crippen LogP contribution in [0.25, 0.3) is 0 Å². The normalized spacial score (nSPS) is 11.3. The molecule has 0 bridgehead atoms. The second-order valence-corrected chi connectivity index (χ2v) is 3.99. The van der Waals surface area contributed by atoms with E-state index in [1.54, 1.807) is 18.7 Å². The number of hydrogen-bond donors (Lipinski definition) is 2. The van der Waals surface area contributed by atoms with Crippen LogP contribution >= 0.6 is 0 Å². The molecule has 0 saturated carbocycles. The van der Waals surface area contributed by atoms with Gasteiger partial charge in [-0.2, -0.15) is 0 Å². The van der Waals surface area contributed by atoms with Crippen molar-refractivity contribution in [3.63, 3.8) is 0 Å². The minimum Gasteiger partial charge on any atom is -0.548 e. The van der Waals surface area contributed by atoms with Crippen molar-refractivity contribution in [1.29, 1.82) is 0 Å². The number of carboxylic acid groups (broad SMARTS) is 1. The van der Waals surface area contributed by atoms with Crippen LogP contribution in [-0.2, 0) is 4.79 Å². The summed E-state index contributed by atoms with van der Waals surface area (Å²) in [7, 11) is 0. The molecule has 0 unspecified atom stereocenters. The molecule has 2 N–H and O–H groups in total. The number of carboxylic acids is 1. The molecule has 0 atom stereocenters. The van der Waals surface area contributed by atoms with Crippen LogP contribution in [0.1, 0.15) is 26.7 Å². The van der Waals surface area contributed by atoms with Gasteiger partial charge in [0.1, 0.15) is 0 Å². The van der Waals surface area contributed by atoms with E-state index in [1.807, 2.05) is 0 Å². The molecule has 0 aromatic carbocycles. The molecular weight excluding hydrogens is 221 g/mol. The molecule has 16 heavy (non-hydrogen) atoms. The second kappa shape index (κ2) is 9.39. The molecule has 0 rings (SSSR count). The summed E-state index contributed by atoms with van der Waals surface area (Å²) >= 11 is 0. The molecule has 0 aliphatic carbocycles. The summed E-state index contributed by atoms with van der Waals surface area (Å²) in [6, 6.07) is 0. The van der Waals surface area contributed by atoms with E-state index < -0.39 is 11.5 Å². The Morgan fingerprint density at radius 2 is 1.56 bits per heavy atom. The maximum absolute atomic E-state index is 10.9. The van der Waals surface area contributed by atoms with E-state index in [4.69, 9.17) is 10.2 Å². The van der Waals surface area contributed by atoms with E-state index >= 15 is 0 Å². The zero-order valence-corrected chi connectivity index (χ0v) is 12.4. The monoisotopic (exact) mass is 241 g/mol. The van der Waals surface area contributed by atoms with Crippen LogP contribution in [0.3, 0.4) is 0 Å². The number of aliphatic hydroxyl groups excluding tert-OH is 2. The van der Waals surface area contributed by atoms with Gasteiger partial charge in [0.05, 0.1) is 11.5 Å². The number of carbonyl (C=O) groups is 1. The van der Waals surface area contributed by atoms with Gasteiger partial charge in [-0.1, -0.05) is 0 Å². The van der Waals surface area contributed by atoms with Crippen molar-refractivity contribution < 1.29 is 49.7 Å². The van der Waals surface area contributed by atoms with Crippen molar-refractivity contribution in [3.8, 4) is 0 Å². The smallest absolute Gasteiger partial charge is 0.548 e. The Kier molecular flexibility index (Phi) is 11.0. The first-order valence-corrected chi connectivity index (χ1v) is 5.15. The number of rotatable bonds is 8. The number of hydrogen-bond acceptors (Lipinski definition) is 5. The van der Waals surface area contributed by atoms with Crippen molar-refractivity contribution >= 4 is 5.97 Å². The molecule has 5 nitrogen and oxygen atoms in total. The average Bonchev–Trinajstić information content (AvgIpc) is 2.17. The van der Waals surface area contributed by atoms with Crippen molar-refractivity contribution in [1.82, 2.24) is 4.90 Å². The third kappa shape index (κ3) is 6.18. The Hall–Kier alpha value is 0.350. The van der Waals surface area contributed by atoms with Crippen LogP contribution in [0.5, 0.6) is 0 Å². The van der Waals surface area contributed by atoms with Gasteiger partial charge >= 0.3 is 29.6 Å². The first-order chi connectivity index (χ1) is 6.96. The molecular formula is C10H20NNaO4. The zero-order valence-electron chi connectivity index (χ0n) is 10.4. The fourth-order valence-electron chi connectivity index (χ4n) is 1.32. The Labute approximate surface area is 119 Å². The molecule has 90 valence electrons. The van der Waals surface area contributed by atoms with Crippen molar-refractivity contribution in [2.45, 2.75) is 32.2 Å². The van der Waals surface area contributed by atoms with Gasteiger partial charge in [-0.25, -0.2) is 0 Å². The largest absolute Gasteiger partial charge is 1.00 e. The van der Waals surface area contributed by atoms with E-state index in [0.29, 0.717) is 25.9 Å². The third-order valence-corrected chi connectivity index (χ3v) is 2.46. The summed E-state index contributed by atoms with van der Waals surface area (Å²) in [6.45, 7) is 4.15. The maximum Gasteiger partial charge on any atom is 1.00 e. The minimum absolute atomic E-state index is 0. The first-order valence-electron chi connectivity index (χ1n) is 5.15. The molecule has 0 aromatic rings. The summed E-state index contributed by atoms with van der Waals surface area (Å²) in [6.07, 6.45) is 1.03. The Bertz CT molecular complexity index is 191. The van der Waals surface area contributed by atoms with Crippen molar-refractivity contribution in [2.75, 3.05) is 26.3 Å². The van der Waals surface area contributed by atoms with Crippen LogP contribution in [-0.4, -0.2) is 52.9 Å². The summed E-state index contributed by atoms with van der Waals surface area (Å²) in [5, 5.41) is 28.3. The van der Waals surface area contributed by atoms with Crippen LogP contribution < -0.4 is 34.7 Å². The predicted octanol–water partition coefficient (Wildman–Crippen LogP) is -4.41. The molecule has 0 fully saturated rings. The molecule has 0 spiro atoms. The topological polar surface area (TPSA) is 83.8 Å². The van der Waals surface area contributed by atoms with E-state index in [0.717, 1.165) is 0 Å². The summed E-state index contributed by atoms with van der Waals surface area (Å²) in [5.41, 5.74) is -1.07. The molecule has 0 radical (unpaired) electrons. The number of aliphatic hydroxyl groups is 2. The summed E-state index contributed by atoms with van der Waals surface area (Å²) in [4.78, 5) is 12.6. The minimum atomic E-state index is -1.14. The Balaban J connectivity index is 0. The molecule has 0 heterocycles. The quantitative estimate of drug-likeness (QED) is 0.419. The van der Waals surface area contributed by atoms with Crippen LogP contribution in [0.4, 0.5) is 0 Å². The van der Waals surface area contributed by atoms with E-state index in [1.165, 1.54) is 0 Å². The number of aliphatic carboxylic acids is 1. The van der Waals surface area contributed by atoms with Crippen LogP contribution in [0, 0.1) is 0 Å². The predicted molar refractivity (Wildman–Crippen MR) is 54.1 cm³/mol. The summed E-state index contributed by atoms with van der Waals surface area (Å²) in [5.74, 6) is -1.14. The second-order valence-electron chi connectivity index (χ2n) is 3.99. The Morgan fingerprint density at radius 1 is 1.19 bits per heavy atom. The Morgan fingerprint density at radius 3 is 1.81 bits per heavy atom. The molecule has 6 heteroatoms.